The number of ether oxygens (including phenoxy) is 1. The van der Waals surface area contributed by atoms with Crippen LogP contribution in [-0.2, 0) is 4.79 Å². The molecule has 0 aromatic heterocycles. The maximum Gasteiger partial charge on any atom is 0.258 e. The van der Waals surface area contributed by atoms with Crippen LogP contribution in [0.5, 0.6) is 5.75 Å². The molecule has 0 radical (unpaired) electrons. The lowest BCUT2D eigenvalue weighted by molar-refractivity contribution is -0.123. The lowest BCUT2D eigenvalue weighted by Crippen LogP contribution is -2.31. The van der Waals surface area contributed by atoms with Gasteiger partial charge in [-0.1, -0.05) is 36.4 Å². The smallest absolute Gasteiger partial charge is 0.258 e. The van der Waals surface area contributed by atoms with Crippen molar-refractivity contribution in [3.63, 3.8) is 0 Å². The zero-order chi connectivity index (χ0) is 19.9. The summed E-state index contributed by atoms with van der Waals surface area (Å²) in [5.74, 6) is -0.0182. The minimum atomic E-state index is -0.320. The summed E-state index contributed by atoms with van der Waals surface area (Å²) in [5.41, 5.74) is 2.31. The van der Waals surface area contributed by atoms with Gasteiger partial charge in [0.05, 0.1) is 6.61 Å². The summed E-state index contributed by atoms with van der Waals surface area (Å²) in [5, 5.41) is 15.7. The van der Waals surface area contributed by atoms with Gasteiger partial charge in [-0.15, -0.1) is 0 Å². The topological polar surface area (TPSA) is 87.7 Å². The molecule has 0 aliphatic rings. The van der Waals surface area contributed by atoms with Crippen LogP contribution in [-0.4, -0.2) is 36.7 Å². The Bertz CT molecular complexity index is 1000. The second-order valence-electron chi connectivity index (χ2n) is 6.34. The number of hydrogen-bond acceptors (Lipinski definition) is 4. The highest BCUT2D eigenvalue weighted by Crippen LogP contribution is 2.29. The molecule has 0 aliphatic carbocycles. The maximum atomic E-state index is 12.8. The number of aliphatic hydroxyl groups is 1. The molecule has 0 bridgehead atoms. The molecule has 144 valence electrons. The van der Waals surface area contributed by atoms with Gasteiger partial charge in [0.25, 0.3) is 11.8 Å². The van der Waals surface area contributed by atoms with E-state index in [0.29, 0.717) is 11.3 Å². The largest absolute Gasteiger partial charge is 0.483 e. The number of hydrogen-bond donors (Lipinski definition) is 3. The van der Waals surface area contributed by atoms with Gasteiger partial charge in [-0.3, -0.25) is 9.59 Å². The van der Waals surface area contributed by atoms with Gasteiger partial charge in [0.15, 0.2) is 6.61 Å². The highest BCUT2D eigenvalue weighted by atomic mass is 16.5. The number of carbonyl (C=O) groups excluding carboxylic acids is 2. The van der Waals surface area contributed by atoms with Crippen molar-refractivity contribution in [2.75, 3.05) is 25.1 Å². The average molecular weight is 378 g/mol. The quantitative estimate of drug-likeness (QED) is 0.590. The van der Waals surface area contributed by atoms with E-state index in [0.717, 1.165) is 22.0 Å². The fourth-order valence-electron chi connectivity index (χ4n) is 2.91. The molecule has 0 spiro atoms. The Labute approximate surface area is 163 Å². The molecule has 6 nitrogen and oxygen atoms in total. The Balaban J connectivity index is 1.83. The van der Waals surface area contributed by atoms with Crippen molar-refractivity contribution in [3.8, 4) is 5.75 Å². The molecule has 3 rings (SSSR count). The number of fused-ring (bicyclic) bond motifs is 1. The second kappa shape index (κ2) is 9.01. The maximum absolute atomic E-state index is 12.8. The van der Waals surface area contributed by atoms with Gasteiger partial charge in [0.1, 0.15) is 5.75 Å². The van der Waals surface area contributed by atoms with Gasteiger partial charge in [0, 0.05) is 23.2 Å². The first-order chi connectivity index (χ1) is 13.6. The van der Waals surface area contributed by atoms with Crippen LogP contribution >= 0.6 is 0 Å². The highest BCUT2D eigenvalue weighted by molar-refractivity contribution is 6.14. The molecule has 0 heterocycles. The molecule has 3 aromatic rings. The summed E-state index contributed by atoms with van der Waals surface area (Å²) in [6.45, 7) is 1.85. The highest BCUT2D eigenvalue weighted by Gasteiger charge is 2.14. The number of amides is 2. The zero-order valence-corrected chi connectivity index (χ0v) is 15.6. The fraction of sp³-hybridized carbons (Fsp3) is 0.182. The van der Waals surface area contributed by atoms with Gasteiger partial charge in [-0.25, -0.2) is 0 Å². The van der Waals surface area contributed by atoms with Gasteiger partial charge in [0.2, 0.25) is 0 Å². The van der Waals surface area contributed by atoms with E-state index in [1.54, 1.807) is 12.1 Å². The second-order valence-corrected chi connectivity index (χ2v) is 6.34. The van der Waals surface area contributed by atoms with Crippen LogP contribution < -0.4 is 15.4 Å². The van der Waals surface area contributed by atoms with Crippen molar-refractivity contribution in [1.29, 1.82) is 0 Å². The van der Waals surface area contributed by atoms with Gasteiger partial charge in [-0.05, 0) is 42.1 Å². The molecule has 0 aliphatic heterocycles. The van der Waals surface area contributed by atoms with Crippen molar-refractivity contribution < 1.29 is 19.4 Å². The first kappa shape index (κ1) is 19.4. The summed E-state index contributed by atoms with van der Waals surface area (Å²) >= 11 is 0. The van der Waals surface area contributed by atoms with Crippen molar-refractivity contribution in [1.82, 2.24) is 5.32 Å². The summed E-state index contributed by atoms with van der Waals surface area (Å²) in [6.07, 6.45) is 0. The lowest BCUT2D eigenvalue weighted by Gasteiger charge is -2.13. The van der Waals surface area contributed by atoms with Crippen LogP contribution in [0.2, 0.25) is 0 Å². The first-order valence-corrected chi connectivity index (χ1v) is 8.98. The fourth-order valence-corrected chi connectivity index (χ4v) is 2.91. The van der Waals surface area contributed by atoms with E-state index in [4.69, 9.17) is 9.84 Å². The summed E-state index contributed by atoms with van der Waals surface area (Å²) < 4.78 is 5.62. The summed E-state index contributed by atoms with van der Waals surface area (Å²) in [7, 11) is 0. The van der Waals surface area contributed by atoms with Gasteiger partial charge >= 0.3 is 0 Å². The van der Waals surface area contributed by atoms with Crippen molar-refractivity contribution in [2.45, 2.75) is 6.92 Å². The van der Waals surface area contributed by atoms with Crippen molar-refractivity contribution in [3.05, 3.63) is 71.8 Å². The van der Waals surface area contributed by atoms with Crippen LogP contribution in [0.4, 0.5) is 5.69 Å². The van der Waals surface area contributed by atoms with Crippen LogP contribution in [0.15, 0.2) is 60.7 Å². The lowest BCUT2D eigenvalue weighted by atomic mass is 10.0. The standard InChI is InChI=1S/C22H22N2O4/c1-15-5-4-6-16(13-15)24-22(27)19-9-10-20(18-8-3-2-7-17(18)19)28-14-21(26)23-11-12-25/h2-10,13,25H,11-12,14H2,1H3,(H,23,26)(H,24,27). The van der Waals surface area contributed by atoms with E-state index in [1.807, 2.05) is 55.5 Å². The number of aliphatic hydroxyl groups excluding tert-OH is 1. The summed E-state index contributed by atoms with van der Waals surface area (Å²) in [4.78, 5) is 24.5. The Kier molecular flexibility index (Phi) is 6.24. The Morgan fingerprint density at radius 3 is 2.54 bits per heavy atom. The van der Waals surface area contributed by atoms with Crippen molar-refractivity contribution >= 4 is 28.3 Å². The number of anilines is 1. The Hall–Kier alpha value is -3.38. The Morgan fingerprint density at radius 2 is 1.79 bits per heavy atom. The number of nitrogens with one attached hydrogen (secondary N) is 2. The molecular formula is C22H22N2O4. The molecule has 0 saturated carbocycles. The predicted molar refractivity (Wildman–Crippen MR) is 109 cm³/mol. The van der Waals surface area contributed by atoms with Crippen molar-refractivity contribution in [2.24, 2.45) is 0 Å². The normalized spacial score (nSPS) is 10.5. The molecule has 0 unspecified atom stereocenters. The van der Waals surface area contributed by atoms with E-state index < -0.39 is 0 Å². The van der Waals surface area contributed by atoms with E-state index in [1.165, 1.54) is 0 Å². The number of aryl methyl sites for hydroxylation is 1. The molecule has 3 N–H and O–H groups in total. The first-order valence-electron chi connectivity index (χ1n) is 8.98. The van der Waals surface area contributed by atoms with E-state index in [-0.39, 0.29) is 31.6 Å². The molecule has 3 aromatic carbocycles. The molecule has 0 saturated heterocycles. The number of rotatable bonds is 7. The third kappa shape index (κ3) is 4.66. The van der Waals surface area contributed by atoms with Crippen LogP contribution in [0.3, 0.4) is 0 Å². The molecule has 0 atom stereocenters. The number of carbonyl (C=O) groups is 2. The molecule has 2 amide bonds. The van der Waals surface area contributed by atoms with Crippen LogP contribution in [0.25, 0.3) is 10.8 Å². The predicted octanol–water partition coefficient (Wildman–Crippen LogP) is 2.89. The molecule has 6 heteroatoms. The molecule has 0 fully saturated rings. The summed E-state index contributed by atoms with van der Waals surface area (Å²) in [6, 6.07) is 18.4. The van der Waals surface area contributed by atoms with Gasteiger partial charge < -0.3 is 20.5 Å². The minimum Gasteiger partial charge on any atom is -0.483 e. The molecule has 28 heavy (non-hydrogen) atoms. The van der Waals surface area contributed by atoms with E-state index >= 15 is 0 Å². The minimum absolute atomic E-state index is 0.126. The third-order valence-electron chi connectivity index (χ3n) is 4.20. The van der Waals surface area contributed by atoms with E-state index in [2.05, 4.69) is 10.6 Å². The SMILES string of the molecule is Cc1cccc(NC(=O)c2ccc(OCC(=O)NCCO)c3ccccc23)c1. The number of benzene rings is 3. The Morgan fingerprint density at radius 1 is 1.00 bits per heavy atom. The van der Waals surface area contributed by atoms with Crippen LogP contribution in [0, 0.1) is 6.92 Å². The average Bonchev–Trinajstić information content (AvgIpc) is 2.70. The van der Waals surface area contributed by atoms with E-state index in [9.17, 15) is 9.59 Å². The molecular weight excluding hydrogens is 356 g/mol. The monoisotopic (exact) mass is 378 g/mol. The van der Waals surface area contributed by atoms with Gasteiger partial charge in [-0.2, -0.15) is 0 Å². The third-order valence-corrected chi connectivity index (χ3v) is 4.20. The van der Waals surface area contributed by atoms with Crippen LogP contribution in [0.1, 0.15) is 15.9 Å². The zero-order valence-electron chi connectivity index (χ0n) is 15.6.